The van der Waals surface area contributed by atoms with Crippen LogP contribution in [0.1, 0.15) is 39.5 Å². The van der Waals surface area contributed by atoms with Crippen molar-refractivity contribution >= 4 is 0 Å². The summed E-state index contributed by atoms with van der Waals surface area (Å²) in [5.41, 5.74) is 0.394. The zero-order valence-corrected chi connectivity index (χ0v) is 12.9. The third kappa shape index (κ3) is 5.64. The fourth-order valence-electron chi connectivity index (χ4n) is 2.96. The average Bonchev–Trinajstić information content (AvgIpc) is 2.43. The molecule has 1 saturated carbocycles. The van der Waals surface area contributed by atoms with Crippen LogP contribution in [0.15, 0.2) is 24.3 Å². The molecular weight excluding hydrogens is 269 g/mol. The quantitative estimate of drug-likeness (QED) is 0.847. The van der Waals surface area contributed by atoms with Gasteiger partial charge in [-0.1, -0.05) is 20.3 Å². The van der Waals surface area contributed by atoms with Crippen LogP contribution in [0.5, 0.6) is 5.75 Å². The molecule has 0 aliphatic heterocycles. The van der Waals surface area contributed by atoms with Crippen molar-refractivity contribution in [2.24, 2.45) is 5.41 Å². The van der Waals surface area contributed by atoms with Crippen LogP contribution in [0.25, 0.3) is 0 Å². The molecule has 0 heterocycles. The van der Waals surface area contributed by atoms with E-state index in [-0.39, 0.29) is 12.4 Å². The van der Waals surface area contributed by atoms with Crippen molar-refractivity contribution in [3.05, 3.63) is 30.1 Å². The van der Waals surface area contributed by atoms with Gasteiger partial charge in [0.2, 0.25) is 0 Å². The Labute approximate surface area is 126 Å². The van der Waals surface area contributed by atoms with E-state index in [1.165, 1.54) is 31.4 Å². The Kier molecular flexibility index (Phi) is 5.59. The molecule has 2 unspecified atom stereocenters. The Morgan fingerprint density at radius 3 is 2.76 bits per heavy atom. The lowest BCUT2D eigenvalue weighted by molar-refractivity contribution is 0.0964. The van der Waals surface area contributed by atoms with Crippen molar-refractivity contribution in [3.8, 4) is 5.75 Å². The number of aliphatic hydroxyl groups is 1. The number of halogens is 1. The maximum Gasteiger partial charge on any atom is 0.123 e. The van der Waals surface area contributed by atoms with Crippen LogP contribution >= 0.6 is 0 Å². The first-order valence-electron chi connectivity index (χ1n) is 7.74. The Hall–Kier alpha value is -1.13. The molecule has 2 rings (SSSR count). The second-order valence-electron chi connectivity index (χ2n) is 6.78. The largest absolute Gasteiger partial charge is 0.491 e. The molecule has 0 aromatic heterocycles. The van der Waals surface area contributed by atoms with E-state index >= 15 is 0 Å². The molecule has 2 N–H and O–H groups in total. The first-order valence-corrected chi connectivity index (χ1v) is 7.74. The van der Waals surface area contributed by atoms with Gasteiger partial charge in [-0.15, -0.1) is 0 Å². The number of hydrogen-bond donors (Lipinski definition) is 2. The molecule has 1 aliphatic carbocycles. The summed E-state index contributed by atoms with van der Waals surface area (Å²) in [6.07, 6.45) is 4.29. The first-order chi connectivity index (χ1) is 9.94. The highest BCUT2D eigenvalue weighted by molar-refractivity contribution is 5.22. The summed E-state index contributed by atoms with van der Waals surface area (Å²) in [7, 11) is 0. The first kappa shape index (κ1) is 16.2. The fourth-order valence-corrected chi connectivity index (χ4v) is 2.96. The highest BCUT2D eigenvalue weighted by atomic mass is 19.1. The molecule has 0 radical (unpaired) electrons. The van der Waals surface area contributed by atoms with E-state index in [2.05, 4.69) is 19.2 Å². The van der Waals surface area contributed by atoms with Gasteiger partial charge in [0, 0.05) is 12.6 Å². The topological polar surface area (TPSA) is 41.5 Å². The smallest absolute Gasteiger partial charge is 0.123 e. The summed E-state index contributed by atoms with van der Waals surface area (Å²) >= 11 is 0. The predicted octanol–water partition coefficient (Wildman–Crippen LogP) is 3.12. The lowest BCUT2D eigenvalue weighted by Crippen LogP contribution is -2.42. The Bertz CT molecular complexity index is 433. The average molecular weight is 295 g/mol. The molecule has 1 fully saturated rings. The van der Waals surface area contributed by atoms with Gasteiger partial charge in [-0.05, 0) is 48.9 Å². The van der Waals surface area contributed by atoms with E-state index in [0.717, 1.165) is 6.42 Å². The second kappa shape index (κ2) is 7.23. The van der Waals surface area contributed by atoms with E-state index in [9.17, 15) is 9.50 Å². The summed E-state index contributed by atoms with van der Waals surface area (Å²) in [6, 6.07) is 6.32. The Balaban J connectivity index is 1.67. The third-order valence-corrected chi connectivity index (χ3v) is 4.10. The molecule has 2 atom stereocenters. The van der Waals surface area contributed by atoms with Crippen LogP contribution in [-0.2, 0) is 0 Å². The maximum atomic E-state index is 12.8. The van der Waals surface area contributed by atoms with Gasteiger partial charge in [-0.2, -0.15) is 0 Å². The van der Waals surface area contributed by atoms with Crippen molar-refractivity contribution in [1.29, 1.82) is 0 Å². The molecule has 1 aromatic carbocycles. The van der Waals surface area contributed by atoms with Gasteiger partial charge >= 0.3 is 0 Å². The number of aliphatic hydroxyl groups excluding tert-OH is 1. The molecule has 4 heteroatoms. The van der Waals surface area contributed by atoms with E-state index in [0.29, 0.717) is 23.8 Å². The van der Waals surface area contributed by atoms with Gasteiger partial charge in [-0.25, -0.2) is 4.39 Å². The van der Waals surface area contributed by atoms with Crippen molar-refractivity contribution in [2.45, 2.75) is 51.7 Å². The summed E-state index contributed by atoms with van der Waals surface area (Å²) in [5.74, 6) is 0.290. The molecule has 0 spiro atoms. The highest BCUT2D eigenvalue weighted by Gasteiger charge is 2.27. The van der Waals surface area contributed by atoms with Gasteiger partial charge in [0.1, 0.15) is 24.3 Å². The monoisotopic (exact) mass is 295 g/mol. The molecule has 0 bridgehead atoms. The van der Waals surface area contributed by atoms with Gasteiger partial charge in [-0.3, -0.25) is 0 Å². The maximum absolute atomic E-state index is 12.8. The van der Waals surface area contributed by atoms with Gasteiger partial charge < -0.3 is 15.2 Å². The molecule has 3 nitrogen and oxygen atoms in total. The zero-order chi connectivity index (χ0) is 15.3. The number of hydrogen-bond acceptors (Lipinski definition) is 3. The summed E-state index contributed by atoms with van der Waals surface area (Å²) in [5, 5.41) is 13.4. The summed E-state index contributed by atoms with van der Waals surface area (Å²) < 4.78 is 18.2. The van der Waals surface area contributed by atoms with Crippen LogP contribution in [-0.4, -0.2) is 30.4 Å². The van der Waals surface area contributed by atoms with Crippen LogP contribution in [0.4, 0.5) is 4.39 Å². The normalized spacial score (nSPS) is 22.8. The number of ether oxygens (including phenoxy) is 1. The standard InChI is InChI=1S/C17H26FNO2/c1-17(2)9-3-4-14(10-17)19-11-15(20)12-21-16-7-5-13(18)6-8-16/h5-8,14-15,19-20H,3-4,9-12H2,1-2H3. The van der Waals surface area contributed by atoms with E-state index in [1.54, 1.807) is 12.1 Å². The third-order valence-electron chi connectivity index (χ3n) is 4.10. The second-order valence-corrected chi connectivity index (χ2v) is 6.78. The molecule has 0 amide bonds. The van der Waals surface area contributed by atoms with Gasteiger partial charge in [0.25, 0.3) is 0 Å². The SMILES string of the molecule is CC1(C)CCCC(NCC(O)COc2ccc(F)cc2)C1. The zero-order valence-electron chi connectivity index (χ0n) is 12.9. The number of benzene rings is 1. The minimum Gasteiger partial charge on any atom is -0.491 e. The van der Waals surface area contributed by atoms with Crippen molar-refractivity contribution in [1.82, 2.24) is 5.32 Å². The predicted molar refractivity (Wildman–Crippen MR) is 81.9 cm³/mol. The number of rotatable bonds is 6. The Morgan fingerprint density at radius 1 is 1.38 bits per heavy atom. The molecule has 21 heavy (non-hydrogen) atoms. The van der Waals surface area contributed by atoms with Gasteiger partial charge in [0.15, 0.2) is 0 Å². The fraction of sp³-hybridized carbons (Fsp3) is 0.647. The minimum atomic E-state index is -0.555. The van der Waals surface area contributed by atoms with Crippen LogP contribution in [0, 0.1) is 11.2 Å². The lowest BCUT2D eigenvalue weighted by Gasteiger charge is -2.36. The van der Waals surface area contributed by atoms with Crippen LogP contribution < -0.4 is 10.1 Å². The Morgan fingerprint density at radius 2 is 2.10 bits per heavy atom. The molecule has 1 aromatic rings. The molecular formula is C17H26FNO2. The minimum absolute atomic E-state index is 0.217. The number of nitrogens with one attached hydrogen (secondary N) is 1. The van der Waals surface area contributed by atoms with Crippen LogP contribution in [0.2, 0.25) is 0 Å². The van der Waals surface area contributed by atoms with E-state index in [4.69, 9.17) is 4.74 Å². The van der Waals surface area contributed by atoms with Crippen molar-refractivity contribution in [2.75, 3.05) is 13.2 Å². The molecule has 1 aliphatic rings. The van der Waals surface area contributed by atoms with Crippen molar-refractivity contribution in [3.63, 3.8) is 0 Å². The highest BCUT2D eigenvalue weighted by Crippen LogP contribution is 2.34. The molecule has 118 valence electrons. The van der Waals surface area contributed by atoms with Gasteiger partial charge in [0.05, 0.1) is 0 Å². The van der Waals surface area contributed by atoms with E-state index < -0.39 is 6.10 Å². The van der Waals surface area contributed by atoms with Crippen LogP contribution in [0.3, 0.4) is 0 Å². The van der Waals surface area contributed by atoms with E-state index in [1.807, 2.05) is 0 Å². The lowest BCUT2D eigenvalue weighted by atomic mass is 9.75. The van der Waals surface area contributed by atoms with Crippen molar-refractivity contribution < 1.29 is 14.2 Å². The summed E-state index contributed by atoms with van der Waals surface area (Å²) in [4.78, 5) is 0. The summed E-state index contributed by atoms with van der Waals surface area (Å²) in [6.45, 7) is 5.35. The molecule has 0 saturated heterocycles.